The fourth-order valence-electron chi connectivity index (χ4n) is 2.04. The highest BCUT2D eigenvalue weighted by atomic mass is 32.2. The van der Waals surface area contributed by atoms with Crippen molar-refractivity contribution in [3.05, 3.63) is 41.8 Å². The highest BCUT2D eigenvalue weighted by Crippen LogP contribution is 2.27. The molecule has 0 saturated carbocycles. The van der Waals surface area contributed by atoms with Gasteiger partial charge in [-0.05, 0) is 37.2 Å². The van der Waals surface area contributed by atoms with Crippen LogP contribution in [0.5, 0.6) is 0 Å². The molecule has 2 aromatic rings. The average Bonchev–Trinajstić information content (AvgIpc) is 3.08. The summed E-state index contributed by atoms with van der Waals surface area (Å²) >= 11 is 1.49. The number of nitrogens with zero attached hydrogens (tertiary/aromatic N) is 2. The fraction of sp³-hybridized carbons (Fsp3) is 0.385. The zero-order valence-electron chi connectivity index (χ0n) is 10.7. The van der Waals surface area contributed by atoms with E-state index in [1.807, 2.05) is 0 Å². The Balaban J connectivity index is 1.64. The van der Waals surface area contributed by atoms with Gasteiger partial charge in [-0.2, -0.15) is 4.98 Å². The maximum Gasteiger partial charge on any atom is 0.260 e. The molecule has 1 fully saturated rings. The lowest BCUT2D eigenvalue weighted by Crippen LogP contribution is -2.28. The molecular weight excluding hydrogens is 281 g/mol. The predicted molar refractivity (Wildman–Crippen MR) is 71.6 cm³/mol. The summed E-state index contributed by atoms with van der Waals surface area (Å²) in [5, 5.41) is 17.2. The van der Waals surface area contributed by atoms with Crippen LogP contribution in [-0.4, -0.2) is 28.3 Å². The Morgan fingerprint density at radius 2 is 2.20 bits per heavy atom. The summed E-state index contributed by atoms with van der Waals surface area (Å²) in [6.45, 7) is 1.16. The van der Waals surface area contributed by atoms with E-state index < -0.39 is 5.60 Å². The molecule has 2 N–H and O–H groups in total. The van der Waals surface area contributed by atoms with E-state index in [9.17, 15) is 9.50 Å². The van der Waals surface area contributed by atoms with Gasteiger partial charge in [-0.1, -0.05) is 5.16 Å². The molecule has 20 heavy (non-hydrogen) atoms. The van der Waals surface area contributed by atoms with Gasteiger partial charge in [-0.25, -0.2) is 4.39 Å². The number of hydrogen-bond donors (Lipinski definition) is 2. The van der Waals surface area contributed by atoms with Crippen molar-refractivity contribution in [1.82, 2.24) is 15.5 Å². The maximum absolute atomic E-state index is 12.8. The molecule has 0 aliphatic carbocycles. The standard InChI is InChI=1S/C13H14FN3O2S/c14-9-1-3-10(4-2-9)20-7-11-16-12(19-17-11)13(18)5-6-15-8-13/h1-4,15,18H,5-8H2. The molecule has 0 radical (unpaired) electrons. The second-order valence-corrected chi connectivity index (χ2v) is 5.77. The lowest BCUT2D eigenvalue weighted by molar-refractivity contribution is 0.0243. The molecule has 106 valence electrons. The van der Waals surface area contributed by atoms with Crippen LogP contribution in [0.3, 0.4) is 0 Å². The van der Waals surface area contributed by atoms with Crippen LogP contribution in [0.15, 0.2) is 33.7 Å². The molecule has 5 nitrogen and oxygen atoms in total. The van der Waals surface area contributed by atoms with Crippen molar-refractivity contribution < 1.29 is 14.0 Å². The highest BCUT2D eigenvalue weighted by Gasteiger charge is 2.38. The van der Waals surface area contributed by atoms with Crippen LogP contribution in [-0.2, 0) is 11.4 Å². The SMILES string of the molecule is OC1(c2nc(CSc3ccc(F)cc3)no2)CCNC1. The molecule has 7 heteroatoms. The number of nitrogens with one attached hydrogen (secondary N) is 1. The largest absolute Gasteiger partial charge is 0.379 e. The first-order chi connectivity index (χ1) is 9.66. The molecule has 0 spiro atoms. The summed E-state index contributed by atoms with van der Waals surface area (Å²) < 4.78 is 17.9. The van der Waals surface area contributed by atoms with Gasteiger partial charge < -0.3 is 14.9 Å². The van der Waals surface area contributed by atoms with E-state index in [4.69, 9.17) is 4.52 Å². The van der Waals surface area contributed by atoms with Gasteiger partial charge in [0.2, 0.25) is 0 Å². The lowest BCUT2D eigenvalue weighted by atomic mass is 10.0. The molecule has 0 amide bonds. The molecule has 1 unspecified atom stereocenters. The van der Waals surface area contributed by atoms with E-state index in [1.165, 1.54) is 23.9 Å². The van der Waals surface area contributed by atoms with Gasteiger partial charge in [0.1, 0.15) is 5.82 Å². The number of aromatic nitrogens is 2. The van der Waals surface area contributed by atoms with Crippen molar-refractivity contribution in [2.45, 2.75) is 22.7 Å². The first kappa shape index (κ1) is 13.5. The minimum absolute atomic E-state index is 0.257. The Kier molecular flexibility index (Phi) is 3.73. The third-order valence-corrected chi connectivity index (χ3v) is 4.19. The minimum Gasteiger partial charge on any atom is -0.379 e. The Labute approximate surface area is 119 Å². The number of rotatable bonds is 4. The van der Waals surface area contributed by atoms with Crippen molar-refractivity contribution in [2.75, 3.05) is 13.1 Å². The van der Waals surface area contributed by atoms with Crippen molar-refractivity contribution in [3.8, 4) is 0 Å². The van der Waals surface area contributed by atoms with Crippen LogP contribution >= 0.6 is 11.8 Å². The monoisotopic (exact) mass is 295 g/mol. The van der Waals surface area contributed by atoms with Gasteiger partial charge in [0.15, 0.2) is 11.4 Å². The van der Waals surface area contributed by atoms with Crippen LogP contribution in [0.25, 0.3) is 0 Å². The molecule has 1 aliphatic heterocycles. The molecule has 1 aromatic carbocycles. The van der Waals surface area contributed by atoms with Gasteiger partial charge >= 0.3 is 0 Å². The molecule has 3 rings (SSSR count). The summed E-state index contributed by atoms with van der Waals surface area (Å²) in [7, 11) is 0. The smallest absolute Gasteiger partial charge is 0.260 e. The lowest BCUT2D eigenvalue weighted by Gasteiger charge is -2.14. The van der Waals surface area contributed by atoms with Gasteiger partial charge in [0.25, 0.3) is 5.89 Å². The van der Waals surface area contributed by atoms with E-state index in [-0.39, 0.29) is 11.7 Å². The number of hydrogen-bond acceptors (Lipinski definition) is 6. The molecule has 0 bridgehead atoms. The Morgan fingerprint density at radius 3 is 2.90 bits per heavy atom. The third-order valence-electron chi connectivity index (χ3n) is 3.18. The van der Waals surface area contributed by atoms with E-state index in [0.29, 0.717) is 24.5 Å². The maximum atomic E-state index is 12.8. The van der Waals surface area contributed by atoms with E-state index in [0.717, 1.165) is 11.4 Å². The molecule has 1 atom stereocenters. The van der Waals surface area contributed by atoms with Gasteiger partial charge in [-0.3, -0.25) is 0 Å². The van der Waals surface area contributed by atoms with Gasteiger partial charge in [0, 0.05) is 11.4 Å². The molecule has 1 aliphatic rings. The summed E-state index contributed by atoms with van der Waals surface area (Å²) in [5.74, 6) is 1.04. The van der Waals surface area contributed by atoms with E-state index >= 15 is 0 Å². The number of aliphatic hydroxyl groups is 1. The molecule has 1 saturated heterocycles. The number of benzene rings is 1. The molecular formula is C13H14FN3O2S. The number of β-amino-alcohol motifs (C(OH)–C–C–N with tert-alkyl or cyclic N) is 1. The average molecular weight is 295 g/mol. The van der Waals surface area contributed by atoms with Crippen molar-refractivity contribution in [3.63, 3.8) is 0 Å². The Bertz CT molecular complexity index is 582. The Hall–Kier alpha value is -1.44. The normalized spacial score (nSPS) is 22.3. The van der Waals surface area contributed by atoms with Crippen molar-refractivity contribution in [2.24, 2.45) is 0 Å². The van der Waals surface area contributed by atoms with Crippen LogP contribution in [0, 0.1) is 5.82 Å². The summed E-state index contributed by atoms with van der Waals surface area (Å²) in [6.07, 6.45) is 0.569. The quantitative estimate of drug-likeness (QED) is 0.836. The molecule has 1 aromatic heterocycles. The minimum atomic E-state index is -1.05. The first-order valence-electron chi connectivity index (χ1n) is 6.30. The van der Waals surface area contributed by atoms with E-state index in [2.05, 4.69) is 15.5 Å². The first-order valence-corrected chi connectivity index (χ1v) is 7.29. The van der Waals surface area contributed by atoms with Crippen LogP contribution in [0.4, 0.5) is 4.39 Å². The Morgan fingerprint density at radius 1 is 1.40 bits per heavy atom. The second kappa shape index (κ2) is 5.51. The van der Waals surface area contributed by atoms with Crippen LogP contribution in [0.2, 0.25) is 0 Å². The van der Waals surface area contributed by atoms with Crippen LogP contribution in [0.1, 0.15) is 18.1 Å². The zero-order valence-corrected chi connectivity index (χ0v) is 11.5. The van der Waals surface area contributed by atoms with Crippen LogP contribution < -0.4 is 5.32 Å². The highest BCUT2D eigenvalue weighted by molar-refractivity contribution is 7.98. The number of halogens is 1. The number of thioether (sulfide) groups is 1. The fourth-order valence-corrected chi connectivity index (χ4v) is 2.78. The summed E-state index contributed by atoms with van der Waals surface area (Å²) in [4.78, 5) is 5.16. The molecule has 2 heterocycles. The van der Waals surface area contributed by atoms with Crippen molar-refractivity contribution >= 4 is 11.8 Å². The second-order valence-electron chi connectivity index (χ2n) is 4.72. The third kappa shape index (κ3) is 2.84. The summed E-state index contributed by atoms with van der Waals surface area (Å²) in [6, 6.07) is 6.23. The van der Waals surface area contributed by atoms with E-state index in [1.54, 1.807) is 12.1 Å². The zero-order chi connectivity index (χ0) is 14.0. The summed E-state index contributed by atoms with van der Waals surface area (Å²) in [5.41, 5.74) is -1.05. The predicted octanol–water partition coefficient (Wildman–Crippen LogP) is 1.68. The van der Waals surface area contributed by atoms with Gasteiger partial charge in [-0.15, -0.1) is 11.8 Å². The van der Waals surface area contributed by atoms with Crippen molar-refractivity contribution in [1.29, 1.82) is 0 Å². The topological polar surface area (TPSA) is 71.2 Å². The van der Waals surface area contributed by atoms with Gasteiger partial charge in [0.05, 0.1) is 5.75 Å².